The second kappa shape index (κ2) is 33.4. The van der Waals surface area contributed by atoms with Crippen LogP contribution in [0.25, 0.3) is 10.9 Å². The van der Waals surface area contributed by atoms with Crippen molar-refractivity contribution in [1.82, 2.24) is 52.0 Å². The molecular weight excluding hydrogens is 1260 g/mol. The molecule has 0 saturated carbocycles. The van der Waals surface area contributed by atoms with E-state index in [1.807, 2.05) is 36.4 Å². The summed E-state index contributed by atoms with van der Waals surface area (Å²) in [7, 11) is 2.88. The molecule has 4 aliphatic rings. The Kier molecular flexibility index (Phi) is 25.0. The van der Waals surface area contributed by atoms with Gasteiger partial charge < -0.3 is 71.9 Å². The molecule has 0 radical (unpaired) electrons. The number of fused-ring (bicyclic) bond motifs is 10. The van der Waals surface area contributed by atoms with Crippen LogP contribution >= 0.6 is 23.5 Å². The van der Waals surface area contributed by atoms with Gasteiger partial charge in [0.25, 0.3) is 0 Å². The van der Waals surface area contributed by atoms with Gasteiger partial charge in [-0.2, -0.15) is 23.5 Å². The molecular formula is C69H86FN11O12S2. The van der Waals surface area contributed by atoms with E-state index >= 15 is 28.4 Å². The highest BCUT2D eigenvalue weighted by molar-refractivity contribution is 7.98. The van der Waals surface area contributed by atoms with E-state index in [9.17, 15) is 19.2 Å². The summed E-state index contributed by atoms with van der Waals surface area (Å²) in [6, 6.07) is 16.8. The van der Waals surface area contributed by atoms with Crippen LogP contribution in [0.2, 0.25) is 0 Å². The molecule has 4 aliphatic heterocycles. The molecule has 10 atom stereocenters. The number of ether oxygens (including phenoxy) is 3. The lowest BCUT2D eigenvalue weighted by molar-refractivity contribution is -0.147. The number of methoxy groups -OCH3 is 2. The lowest BCUT2D eigenvalue weighted by Gasteiger charge is -2.37. The van der Waals surface area contributed by atoms with Crippen LogP contribution in [-0.4, -0.2) is 186 Å². The Morgan fingerprint density at radius 3 is 2.16 bits per heavy atom. The highest BCUT2D eigenvalue weighted by atomic mass is 32.2. The number of hydrogen-bond donors (Lipinski definition) is 9. The molecule has 26 heteroatoms. The molecule has 10 N–H and O–H groups in total. The third kappa shape index (κ3) is 18.4. The molecule has 4 aromatic carbocycles. The first kappa shape index (κ1) is 71.0. The lowest BCUT2D eigenvalue weighted by Crippen LogP contribution is -2.64. The van der Waals surface area contributed by atoms with E-state index in [1.165, 1.54) is 49.1 Å². The standard InChI is InChI=1S/C69H86FN11O12S2/c1-41-61(83)78-56(37-71)63(85)75-53-34-45-13-8-12-43(31-45)11-6-7-28-93-57-22-27-80(66(88)55(76-62(53)84)35-48-38-73-52-21-18-49(70)36-51(48)52)60(57)65(87)79-59(42(2)91-4)64(86)77-54(33-44-16-19-50(92-5)20-17-44)67(89)81-26-10-24-69(81,3)68(90)72-25-30-95-40-47-15-9-14-46(32-47)39-94-29-23-58(82)74-41/h6-9,12-21,31-32,36,38,41-42,53-57,59-60,73H,10-11,22-30,33-35,37,39-40,71H2,1-5H3,(H,72,90)(H,74,82)(H,75,85)(H,76,84)(H,77,86)(H,78,83)(H,79,87)/b7-6-/t41-,42+,53-,54-,55-,56+,57-,59-,60-,69-/m0/s1. The number of nitrogens with two attached hydrogens (primary N) is 1. The Bertz CT molecular complexity index is 3610. The number of aromatic nitrogens is 1. The molecule has 95 heavy (non-hydrogen) atoms. The van der Waals surface area contributed by atoms with Crippen molar-refractivity contribution in [1.29, 1.82) is 0 Å². The number of H-pyrrole nitrogens is 1. The third-order valence-electron chi connectivity index (χ3n) is 17.9. The fourth-order valence-corrected chi connectivity index (χ4v) is 14.1. The normalized spacial score (nSPS) is 26.3. The van der Waals surface area contributed by atoms with Crippen LogP contribution in [0.1, 0.15) is 79.8 Å². The molecule has 5 heterocycles. The first-order chi connectivity index (χ1) is 45.7. The summed E-state index contributed by atoms with van der Waals surface area (Å²) in [5.41, 5.74) is 10.1. The zero-order valence-corrected chi connectivity index (χ0v) is 55.8. The van der Waals surface area contributed by atoms with Crippen LogP contribution in [0.3, 0.4) is 0 Å². The number of nitrogens with zero attached hydrogens (tertiary/aromatic N) is 2. The summed E-state index contributed by atoms with van der Waals surface area (Å²) in [5, 5.41) is 20.3. The van der Waals surface area contributed by atoms with Crippen LogP contribution in [0.5, 0.6) is 5.75 Å². The summed E-state index contributed by atoms with van der Waals surface area (Å²) in [5.74, 6) is -3.76. The van der Waals surface area contributed by atoms with Gasteiger partial charge in [-0.05, 0) is 110 Å². The zero-order chi connectivity index (χ0) is 67.8. The number of carbonyl (C=O) groups is 9. The van der Waals surface area contributed by atoms with Crippen molar-refractivity contribution in [2.75, 3.05) is 58.5 Å². The van der Waals surface area contributed by atoms with E-state index < -0.39 is 114 Å². The predicted octanol–water partition coefficient (Wildman–Crippen LogP) is 3.43. The quantitative estimate of drug-likeness (QED) is 0.101. The van der Waals surface area contributed by atoms with Gasteiger partial charge in [0.2, 0.25) is 53.2 Å². The predicted molar refractivity (Wildman–Crippen MR) is 360 cm³/mol. The van der Waals surface area contributed by atoms with Crippen molar-refractivity contribution in [2.45, 2.75) is 144 Å². The topological polar surface area (TPSA) is 314 Å². The second-order valence-corrected chi connectivity index (χ2v) is 26.8. The van der Waals surface area contributed by atoms with Gasteiger partial charge in [0, 0.05) is 99.1 Å². The van der Waals surface area contributed by atoms with E-state index in [-0.39, 0.29) is 63.6 Å². The molecule has 5 aromatic rings. The van der Waals surface area contributed by atoms with Gasteiger partial charge in [-0.25, -0.2) is 4.39 Å². The summed E-state index contributed by atoms with van der Waals surface area (Å²) < 4.78 is 32.7. The Labute approximate surface area is 560 Å². The van der Waals surface area contributed by atoms with Crippen LogP contribution < -0.4 is 47.7 Å². The maximum Gasteiger partial charge on any atom is 0.246 e. The first-order valence-electron chi connectivity index (χ1n) is 32.2. The number of benzene rings is 4. The van der Waals surface area contributed by atoms with Gasteiger partial charge in [-0.15, -0.1) is 0 Å². The molecule has 1 aromatic heterocycles. The average molecular weight is 1340 g/mol. The number of nitrogens with one attached hydrogen (secondary N) is 8. The minimum absolute atomic E-state index is 0.00337. The van der Waals surface area contributed by atoms with Crippen LogP contribution in [0, 0.1) is 5.82 Å². The molecule has 2 saturated heterocycles. The van der Waals surface area contributed by atoms with Gasteiger partial charge >= 0.3 is 0 Å². The van der Waals surface area contributed by atoms with Crippen molar-refractivity contribution >= 4 is 87.6 Å². The van der Waals surface area contributed by atoms with Crippen molar-refractivity contribution in [3.8, 4) is 5.75 Å². The Morgan fingerprint density at radius 1 is 0.726 bits per heavy atom. The minimum Gasteiger partial charge on any atom is -0.497 e. The third-order valence-corrected chi connectivity index (χ3v) is 19.9. The van der Waals surface area contributed by atoms with Gasteiger partial charge in [0.05, 0.1) is 25.9 Å². The van der Waals surface area contributed by atoms with Crippen LogP contribution in [-0.2, 0) is 89.8 Å². The van der Waals surface area contributed by atoms with Gasteiger partial charge in [-0.1, -0.05) is 72.8 Å². The van der Waals surface area contributed by atoms with Gasteiger partial charge in [0.15, 0.2) is 0 Å². The second-order valence-electron chi connectivity index (χ2n) is 24.6. The Hall–Kier alpha value is -8.30. The molecule has 0 unspecified atom stereocenters. The number of allylic oxidation sites excluding steroid dienone is 1. The lowest BCUT2D eigenvalue weighted by atomic mass is 9.95. The molecule has 0 aliphatic carbocycles. The van der Waals surface area contributed by atoms with Crippen LogP contribution in [0.4, 0.5) is 4.39 Å². The van der Waals surface area contributed by atoms with Crippen molar-refractivity contribution < 1.29 is 61.8 Å². The number of hydrogen-bond acceptors (Lipinski definition) is 15. The largest absolute Gasteiger partial charge is 0.497 e. The van der Waals surface area contributed by atoms with E-state index in [2.05, 4.69) is 48.3 Å². The Morgan fingerprint density at radius 2 is 1.42 bits per heavy atom. The van der Waals surface area contributed by atoms with Gasteiger partial charge in [0.1, 0.15) is 59.4 Å². The Balaban J connectivity index is 1.07. The summed E-state index contributed by atoms with van der Waals surface area (Å²) >= 11 is 3.18. The molecule has 8 bridgehead atoms. The maximum atomic E-state index is 15.7. The highest BCUT2D eigenvalue weighted by Crippen LogP contribution is 2.32. The van der Waals surface area contributed by atoms with Crippen molar-refractivity contribution in [3.05, 3.63) is 149 Å². The van der Waals surface area contributed by atoms with Crippen molar-refractivity contribution in [2.24, 2.45) is 5.73 Å². The SMILES string of the molecule is COc1ccc(C[C@@H]2NC(=O)[C@H]([C@@H](C)OC)NC(=O)[C@@H]3[C@@H]4CCN3C(=O)[C@H](Cc3c[nH]c5ccc(F)cc35)NC(=O)[C@H](Cc3cccc(c3)C/C=C\CO4)NC(=O)[C@@H](CN)NC(=O)[C@H](C)NC(=O)CCSCc3cccc(c3)CSCCNC(=O)[C@]3(C)CCCN3C2=O)cc1. The van der Waals surface area contributed by atoms with Crippen LogP contribution in [0.15, 0.2) is 109 Å². The van der Waals surface area contributed by atoms with E-state index in [4.69, 9.17) is 19.9 Å². The fraction of sp³-hybridized carbons (Fsp3) is 0.464. The number of aromatic amines is 1. The van der Waals surface area contributed by atoms with Crippen molar-refractivity contribution in [3.63, 3.8) is 0 Å². The molecule has 2 fully saturated rings. The van der Waals surface area contributed by atoms with E-state index in [1.54, 1.807) is 86.0 Å². The molecule has 9 amide bonds. The maximum absolute atomic E-state index is 15.7. The number of halogens is 1. The monoisotopic (exact) mass is 1340 g/mol. The van der Waals surface area contributed by atoms with E-state index in [0.717, 1.165) is 16.7 Å². The smallest absolute Gasteiger partial charge is 0.246 e. The zero-order valence-electron chi connectivity index (χ0n) is 54.2. The van der Waals surface area contributed by atoms with Gasteiger partial charge in [-0.3, -0.25) is 43.2 Å². The molecule has 508 valence electrons. The molecule has 9 rings (SSSR count). The number of thioether (sulfide) groups is 2. The highest BCUT2D eigenvalue weighted by Gasteiger charge is 2.49. The number of rotatable bonds is 8. The number of carbonyl (C=O) groups excluding carboxylic acids is 9. The molecule has 23 nitrogen and oxygen atoms in total. The first-order valence-corrected chi connectivity index (χ1v) is 34.5. The summed E-state index contributed by atoms with van der Waals surface area (Å²) in [4.78, 5) is 138. The number of amides is 9. The minimum atomic E-state index is -1.51. The summed E-state index contributed by atoms with van der Waals surface area (Å²) in [6.45, 7) is 4.81. The fourth-order valence-electron chi connectivity index (χ4n) is 12.4. The average Bonchev–Trinajstić information content (AvgIpc) is 1.64. The molecule has 0 spiro atoms. The summed E-state index contributed by atoms with van der Waals surface area (Å²) in [6.07, 6.45) is 4.29. The van der Waals surface area contributed by atoms with E-state index in [0.29, 0.717) is 82.2 Å².